The summed E-state index contributed by atoms with van der Waals surface area (Å²) in [6.07, 6.45) is -2.73. The molecular formula is C16H15ClF2N4O3S2. The van der Waals surface area contributed by atoms with Crippen LogP contribution in [0.2, 0.25) is 5.02 Å². The predicted octanol–water partition coefficient (Wildman–Crippen LogP) is 3.84. The molecule has 0 aliphatic rings. The number of aromatic nitrogens is 4. The average molecular weight is 449 g/mol. The molecule has 1 aromatic carbocycles. The Labute approximate surface area is 170 Å². The topological polar surface area (TPSA) is 87.0 Å². The summed E-state index contributed by atoms with van der Waals surface area (Å²) >= 11 is 7.14. The summed E-state index contributed by atoms with van der Waals surface area (Å²) < 4.78 is 44.5. The Bertz CT molecular complexity index is 1050. The van der Waals surface area contributed by atoms with E-state index in [4.69, 9.17) is 11.6 Å². The predicted molar refractivity (Wildman–Crippen MR) is 102 cm³/mol. The minimum Gasteiger partial charge on any atom is -0.469 e. The number of nitrogens with zero attached hydrogens (tertiary/aromatic N) is 4. The van der Waals surface area contributed by atoms with Gasteiger partial charge in [0, 0.05) is 22.6 Å². The number of carbonyl (C=O) groups excluding carboxylic acids is 1. The third kappa shape index (κ3) is 4.06. The van der Waals surface area contributed by atoms with Crippen molar-refractivity contribution in [2.75, 3.05) is 12.9 Å². The number of hydrogen-bond acceptors (Lipinski definition) is 7. The molecule has 2 heterocycles. The first-order valence-electron chi connectivity index (χ1n) is 8.12. The Kier molecular flexibility index (Phi) is 6.36. The molecule has 0 aliphatic heterocycles. The Morgan fingerprint density at radius 3 is 2.75 bits per heavy atom. The molecule has 0 saturated carbocycles. The number of alkyl halides is 2. The van der Waals surface area contributed by atoms with Crippen molar-refractivity contribution in [1.82, 2.24) is 20.0 Å². The minimum absolute atomic E-state index is 0.00596. The van der Waals surface area contributed by atoms with Crippen LogP contribution in [-0.4, -0.2) is 43.0 Å². The largest absolute Gasteiger partial charge is 0.469 e. The van der Waals surface area contributed by atoms with E-state index in [1.807, 2.05) is 6.92 Å². The molecule has 0 N–H and O–H groups in total. The van der Waals surface area contributed by atoms with Crippen LogP contribution in [0.3, 0.4) is 0 Å². The van der Waals surface area contributed by atoms with Gasteiger partial charge >= 0.3 is 5.97 Å². The molecule has 3 aromatic rings. The van der Waals surface area contributed by atoms with Crippen LogP contribution in [0, 0.1) is 0 Å². The summed E-state index contributed by atoms with van der Waals surface area (Å²) in [5.41, 5.74) is 0.927. The van der Waals surface area contributed by atoms with Crippen molar-refractivity contribution in [3.63, 3.8) is 0 Å². The smallest absolute Gasteiger partial charge is 0.306 e. The second-order valence-electron chi connectivity index (χ2n) is 5.59. The maximum absolute atomic E-state index is 12.9. The van der Waals surface area contributed by atoms with Crippen LogP contribution in [0.4, 0.5) is 8.78 Å². The van der Waals surface area contributed by atoms with E-state index in [0.717, 1.165) is 11.3 Å². The number of halogens is 3. The summed E-state index contributed by atoms with van der Waals surface area (Å²) in [4.78, 5) is 11.7. The quantitative estimate of drug-likeness (QED) is 0.510. The van der Waals surface area contributed by atoms with E-state index in [9.17, 15) is 17.8 Å². The molecule has 0 amide bonds. The molecule has 0 saturated heterocycles. The number of ether oxygens (including phenoxy) is 1. The number of hydrogen-bond donors (Lipinski definition) is 0. The maximum Gasteiger partial charge on any atom is 0.306 e. The lowest BCUT2D eigenvalue weighted by molar-refractivity contribution is -0.140. The van der Waals surface area contributed by atoms with Crippen LogP contribution in [0.15, 0.2) is 17.0 Å². The number of aryl methyl sites for hydroxylation is 1. The third-order valence-electron chi connectivity index (χ3n) is 3.88. The van der Waals surface area contributed by atoms with Gasteiger partial charge in [0.1, 0.15) is 5.69 Å². The fourth-order valence-corrected chi connectivity index (χ4v) is 4.74. The van der Waals surface area contributed by atoms with Crippen molar-refractivity contribution >= 4 is 50.6 Å². The summed E-state index contributed by atoms with van der Waals surface area (Å²) in [5.74, 6) is -0.395. The molecule has 7 nitrogen and oxygen atoms in total. The molecule has 0 aliphatic carbocycles. The summed E-state index contributed by atoms with van der Waals surface area (Å²) in [7, 11) is -0.247. The molecule has 1 atom stereocenters. The number of benzene rings is 1. The standard InChI is InChI=1S/C16H15ClF2N4O3S2/c1-3-23-13-9(12(22-23)15-20-21-16(27-15)14(18)19)6-8(7-10(13)17)28(25)5-4-11(24)26-2/h6-7,14H,3-5H2,1-2H3. The van der Waals surface area contributed by atoms with Gasteiger partial charge in [0.15, 0.2) is 10.0 Å². The maximum atomic E-state index is 12.9. The van der Waals surface area contributed by atoms with Crippen LogP contribution in [0.25, 0.3) is 21.6 Å². The van der Waals surface area contributed by atoms with Crippen LogP contribution in [0.1, 0.15) is 24.8 Å². The highest BCUT2D eigenvalue weighted by Crippen LogP contribution is 2.36. The zero-order valence-corrected chi connectivity index (χ0v) is 17.2. The van der Waals surface area contributed by atoms with Gasteiger partial charge in [-0.15, -0.1) is 10.2 Å². The SMILES string of the molecule is CCn1nc(-c2nnc(C(F)F)s2)c2cc(S(=O)CCC(=O)OC)cc(Cl)c21. The van der Waals surface area contributed by atoms with E-state index >= 15 is 0 Å². The monoisotopic (exact) mass is 448 g/mol. The lowest BCUT2D eigenvalue weighted by Crippen LogP contribution is -2.07. The van der Waals surface area contributed by atoms with Crippen LogP contribution in [-0.2, 0) is 26.9 Å². The van der Waals surface area contributed by atoms with Crippen molar-refractivity contribution in [2.24, 2.45) is 0 Å². The Morgan fingerprint density at radius 1 is 1.39 bits per heavy atom. The van der Waals surface area contributed by atoms with Crippen molar-refractivity contribution in [3.05, 3.63) is 22.2 Å². The van der Waals surface area contributed by atoms with Gasteiger partial charge in [-0.3, -0.25) is 13.7 Å². The van der Waals surface area contributed by atoms with Gasteiger partial charge in [0.25, 0.3) is 6.43 Å². The molecule has 0 bridgehead atoms. The van der Waals surface area contributed by atoms with Gasteiger partial charge in [-0.1, -0.05) is 22.9 Å². The highest BCUT2D eigenvalue weighted by molar-refractivity contribution is 7.85. The molecule has 28 heavy (non-hydrogen) atoms. The van der Waals surface area contributed by atoms with Gasteiger partial charge in [0.05, 0.1) is 34.9 Å². The number of methoxy groups -OCH3 is 1. The fraction of sp³-hybridized carbons (Fsp3) is 0.375. The van der Waals surface area contributed by atoms with Gasteiger partial charge in [-0.2, -0.15) is 5.10 Å². The van der Waals surface area contributed by atoms with Crippen LogP contribution >= 0.6 is 22.9 Å². The van der Waals surface area contributed by atoms with E-state index < -0.39 is 28.2 Å². The normalized spacial score (nSPS) is 12.6. The molecule has 0 fully saturated rings. The number of fused-ring (bicyclic) bond motifs is 1. The van der Waals surface area contributed by atoms with Crippen LogP contribution < -0.4 is 0 Å². The van der Waals surface area contributed by atoms with E-state index in [1.54, 1.807) is 16.8 Å². The molecule has 12 heteroatoms. The van der Waals surface area contributed by atoms with Gasteiger partial charge in [-0.05, 0) is 19.1 Å². The zero-order chi connectivity index (χ0) is 20.4. The van der Waals surface area contributed by atoms with E-state index in [1.165, 1.54) is 7.11 Å². The molecule has 0 radical (unpaired) electrons. The van der Waals surface area contributed by atoms with Crippen molar-refractivity contribution in [2.45, 2.75) is 31.2 Å². The Hall–Kier alpha value is -1.98. The number of carbonyl (C=O) groups is 1. The van der Waals surface area contributed by atoms with Gasteiger partial charge < -0.3 is 4.74 Å². The van der Waals surface area contributed by atoms with E-state index in [2.05, 4.69) is 20.0 Å². The highest BCUT2D eigenvalue weighted by Gasteiger charge is 2.22. The molecule has 150 valence electrons. The second-order valence-corrected chi connectivity index (χ2v) is 8.57. The molecule has 0 spiro atoms. The van der Waals surface area contributed by atoms with Gasteiger partial charge in [0.2, 0.25) is 0 Å². The first-order valence-corrected chi connectivity index (χ1v) is 10.6. The summed E-state index contributed by atoms with van der Waals surface area (Å²) in [6.45, 7) is 2.35. The molecule has 1 unspecified atom stereocenters. The number of esters is 1. The first-order chi connectivity index (χ1) is 13.3. The van der Waals surface area contributed by atoms with Crippen molar-refractivity contribution in [1.29, 1.82) is 0 Å². The lowest BCUT2D eigenvalue weighted by atomic mass is 10.2. The second kappa shape index (κ2) is 8.58. The minimum atomic E-state index is -2.73. The zero-order valence-electron chi connectivity index (χ0n) is 14.8. The lowest BCUT2D eigenvalue weighted by Gasteiger charge is -2.05. The highest BCUT2D eigenvalue weighted by atomic mass is 35.5. The van der Waals surface area contributed by atoms with Crippen molar-refractivity contribution in [3.8, 4) is 10.7 Å². The fourth-order valence-electron chi connectivity index (χ4n) is 2.57. The van der Waals surface area contributed by atoms with E-state index in [-0.39, 0.29) is 17.2 Å². The van der Waals surface area contributed by atoms with Crippen molar-refractivity contribution < 1.29 is 22.5 Å². The molecule has 2 aromatic heterocycles. The Balaban J connectivity index is 2.08. The van der Waals surface area contributed by atoms with E-state index in [0.29, 0.717) is 33.1 Å². The number of rotatable bonds is 7. The third-order valence-corrected chi connectivity index (χ3v) is 6.44. The summed E-state index contributed by atoms with van der Waals surface area (Å²) in [5, 5.41) is 12.4. The Morgan fingerprint density at radius 2 is 2.14 bits per heavy atom. The van der Waals surface area contributed by atoms with Gasteiger partial charge in [-0.25, -0.2) is 8.78 Å². The molecule has 3 rings (SSSR count). The molecular weight excluding hydrogens is 434 g/mol. The average Bonchev–Trinajstić information content (AvgIpc) is 3.30. The first kappa shape index (κ1) is 20.7. The van der Waals surface area contributed by atoms with Crippen LogP contribution in [0.5, 0.6) is 0 Å². The summed E-state index contributed by atoms with van der Waals surface area (Å²) in [6, 6.07) is 3.19.